The molecule has 8 unspecified atom stereocenters. The van der Waals surface area contributed by atoms with Gasteiger partial charge in [-0.15, -0.1) is 0 Å². The molecule has 5 rings (SSSR count). The van der Waals surface area contributed by atoms with Gasteiger partial charge in [0.05, 0.1) is 12.1 Å². The van der Waals surface area contributed by atoms with E-state index in [2.05, 4.69) is 12.4 Å². The first kappa shape index (κ1) is 21.2. The Morgan fingerprint density at radius 1 is 0.400 bits per heavy atom. The fraction of sp³-hybridized carbons (Fsp3) is 0.929. The summed E-state index contributed by atoms with van der Waals surface area (Å²) in [4.78, 5) is 10.6. The van der Waals surface area contributed by atoms with E-state index in [-0.39, 0.29) is 0 Å². The minimum Gasteiger partial charge on any atom is -0.292 e. The third-order valence-electron chi connectivity index (χ3n) is 9.89. The lowest BCUT2D eigenvalue weighted by molar-refractivity contribution is 0.141. The Bertz CT molecular complexity index is 539. The van der Waals surface area contributed by atoms with E-state index in [0.29, 0.717) is 12.1 Å². The van der Waals surface area contributed by atoms with Crippen LogP contribution in [0, 0.1) is 35.5 Å². The highest BCUT2D eigenvalue weighted by Gasteiger charge is 2.35. The molecule has 8 atom stereocenters. The minimum atomic E-state index is 0.477. The summed E-state index contributed by atoms with van der Waals surface area (Å²) in [5.41, 5.74) is 0. The smallest absolute Gasteiger partial charge is 0.0719 e. The van der Waals surface area contributed by atoms with Crippen LogP contribution in [0.2, 0.25) is 0 Å². The number of fused-ring (bicyclic) bond motifs is 2. The van der Waals surface area contributed by atoms with Gasteiger partial charge in [-0.05, 0) is 74.0 Å². The normalized spacial score (nSPS) is 45.3. The van der Waals surface area contributed by atoms with Crippen molar-refractivity contribution in [1.29, 1.82) is 0 Å². The monoisotopic (exact) mass is 410 g/mol. The highest BCUT2D eigenvalue weighted by atomic mass is 14.9. The summed E-state index contributed by atoms with van der Waals surface area (Å²) in [6.45, 7) is 0. The fourth-order valence-corrected chi connectivity index (χ4v) is 8.23. The highest BCUT2D eigenvalue weighted by Crippen LogP contribution is 2.44. The highest BCUT2D eigenvalue weighted by molar-refractivity contribution is 5.63. The van der Waals surface area contributed by atoms with Crippen LogP contribution in [0.25, 0.3) is 0 Å². The van der Waals surface area contributed by atoms with Gasteiger partial charge in [0, 0.05) is 12.4 Å². The van der Waals surface area contributed by atoms with Gasteiger partial charge < -0.3 is 0 Å². The average molecular weight is 411 g/mol. The maximum atomic E-state index is 5.29. The van der Waals surface area contributed by atoms with Crippen molar-refractivity contribution in [2.75, 3.05) is 0 Å². The van der Waals surface area contributed by atoms with E-state index in [9.17, 15) is 0 Å². The number of hydrogen-bond acceptors (Lipinski definition) is 2. The van der Waals surface area contributed by atoms with Crippen molar-refractivity contribution in [1.82, 2.24) is 0 Å². The summed E-state index contributed by atoms with van der Waals surface area (Å²) in [7, 11) is 0. The third kappa shape index (κ3) is 4.88. The Kier molecular flexibility index (Phi) is 7.28. The van der Waals surface area contributed by atoms with Crippen LogP contribution in [-0.4, -0.2) is 24.5 Å². The SMILES string of the molecule is C(=NC1CCCCC1N=CC1CCCC2CCCCC12)C1CCCC2CCCCC12. The lowest BCUT2D eigenvalue weighted by atomic mass is 9.66. The van der Waals surface area contributed by atoms with Gasteiger partial charge in [-0.25, -0.2) is 0 Å². The topological polar surface area (TPSA) is 24.7 Å². The Hall–Kier alpha value is -0.660. The Morgan fingerprint density at radius 2 is 0.800 bits per heavy atom. The fourth-order valence-electron chi connectivity index (χ4n) is 8.23. The summed E-state index contributed by atoms with van der Waals surface area (Å²) < 4.78 is 0. The van der Waals surface area contributed by atoms with Crippen LogP contribution in [0.5, 0.6) is 0 Å². The van der Waals surface area contributed by atoms with E-state index in [1.54, 1.807) is 0 Å². The molecule has 5 saturated carbocycles. The van der Waals surface area contributed by atoms with Crippen LogP contribution < -0.4 is 0 Å². The summed E-state index contributed by atoms with van der Waals surface area (Å²) >= 11 is 0. The quantitative estimate of drug-likeness (QED) is 0.425. The van der Waals surface area contributed by atoms with Crippen LogP contribution >= 0.6 is 0 Å². The molecular formula is C28H46N2. The van der Waals surface area contributed by atoms with Gasteiger partial charge in [0.1, 0.15) is 0 Å². The van der Waals surface area contributed by atoms with Crippen LogP contribution in [0.15, 0.2) is 9.98 Å². The van der Waals surface area contributed by atoms with Crippen LogP contribution in [0.4, 0.5) is 0 Å². The zero-order valence-corrected chi connectivity index (χ0v) is 19.4. The Balaban J connectivity index is 1.22. The molecule has 0 bridgehead atoms. The molecule has 5 aliphatic rings. The Morgan fingerprint density at radius 3 is 1.30 bits per heavy atom. The molecular weight excluding hydrogens is 364 g/mol. The minimum absolute atomic E-state index is 0.477. The molecule has 0 heterocycles. The number of rotatable bonds is 4. The molecule has 168 valence electrons. The molecule has 5 aliphatic carbocycles. The molecule has 0 amide bonds. The zero-order valence-electron chi connectivity index (χ0n) is 19.4. The molecule has 30 heavy (non-hydrogen) atoms. The van der Waals surface area contributed by atoms with Gasteiger partial charge in [0.25, 0.3) is 0 Å². The van der Waals surface area contributed by atoms with Gasteiger partial charge in [-0.2, -0.15) is 0 Å². The molecule has 5 fully saturated rings. The first-order valence-electron chi connectivity index (χ1n) is 13.9. The maximum Gasteiger partial charge on any atom is 0.0719 e. The average Bonchev–Trinajstić information content (AvgIpc) is 2.82. The number of hydrogen-bond donors (Lipinski definition) is 0. The molecule has 0 aromatic rings. The first-order valence-corrected chi connectivity index (χ1v) is 13.9. The molecule has 0 aromatic heterocycles. The first-order chi connectivity index (χ1) is 14.9. The van der Waals surface area contributed by atoms with Crippen LogP contribution in [-0.2, 0) is 0 Å². The van der Waals surface area contributed by atoms with Crippen molar-refractivity contribution in [3.05, 3.63) is 0 Å². The van der Waals surface area contributed by atoms with Crippen LogP contribution in [0.3, 0.4) is 0 Å². The van der Waals surface area contributed by atoms with E-state index in [1.165, 1.54) is 116 Å². The van der Waals surface area contributed by atoms with E-state index >= 15 is 0 Å². The molecule has 0 N–H and O–H groups in total. The summed E-state index contributed by atoms with van der Waals surface area (Å²) in [5, 5.41) is 0. The Labute approximate surface area is 185 Å². The van der Waals surface area contributed by atoms with Crippen molar-refractivity contribution in [2.24, 2.45) is 45.5 Å². The van der Waals surface area contributed by atoms with Crippen molar-refractivity contribution in [3.8, 4) is 0 Å². The molecule has 0 aliphatic heterocycles. The van der Waals surface area contributed by atoms with Gasteiger partial charge >= 0.3 is 0 Å². The lowest BCUT2D eigenvalue weighted by Crippen LogP contribution is -2.34. The van der Waals surface area contributed by atoms with Gasteiger partial charge in [0.2, 0.25) is 0 Å². The van der Waals surface area contributed by atoms with Crippen molar-refractivity contribution < 1.29 is 0 Å². The van der Waals surface area contributed by atoms with Gasteiger partial charge in [0.15, 0.2) is 0 Å². The second kappa shape index (κ2) is 10.3. The molecule has 0 radical (unpaired) electrons. The zero-order chi connectivity index (χ0) is 20.2. The molecule has 2 nitrogen and oxygen atoms in total. The molecule has 0 saturated heterocycles. The van der Waals surface area contributed by atoms with Crippen LogP contribution in [0.1, 0.15) is 116 Å². The van der Waals surface area contributed by atoms with E-state index in [0.717, 1.165) is 35.5 Å². The molecule has 0 spiro atoms. The van der Waals surface area contributed by atoms with Crippen molar-refractivity contribution in [2.45, 2.75) is 128 Å². The van der Waals surface area contributed by atoms with E-state index in [1.807, 2.05) is 0 Å². The summed E-state index contributed by atoms with van der Waals surface area (Å²) in [6, 6.07) is 0.953. The van der Waals surface area contributed by atoms with E-state index in [4.69, 9.17) is 9.98 Å². The second-order valence-corrected chi connectivity index (χ2v) is 11.6. The van der Waals surface area contributed by atoms with Gasteiger partial charge in [-0.1, -0.05) is 77.0 Å². The largest absolute Gasteiger partial charge is 0.292 e. The number of aliphatic imine (C=N–C) groups is 2. The second-order valence-electron chi connectivity index (χ2n) is 11.6. The molecule has 0 aromatic carbocycles. The van der Waals surface area contributed by atoms with E-state index < -0.39 is 0 Å². The summed E-state index contributed by atoms with van der Waals surface area (Å²) in [6.07, 6.45) is 30.7. The van der Waals surface area contributed by atoms with Crippen molar-refractivity contribution >= 4 is 12.4 Å². The maximum absolute atomic E-state index is 5.29. The molecule has 2 heteroatoms. The predicted octanol–water partition coefficient (Wildman–Crippen LogP) is 7.65. The van der Waals surface area contributed by atoms with Gasteiger partial charge in [-0.3, -0.25) is 9.98 Å². The lowest BCUT2D eigenvalue weighted by Gasteiger charge is -2.40. The number of nitrogens with zero attached hydrogens (tertiary/aromatic N) is 2. The third-order valence-corrected chi connectivity index (χ3v) is 9.89. The predicted molar refractivity (Wildman–Crippen MR) is 129 cm³/mol. The standard InChI is InChI=1S/C28H46N2/c1-3-15-25-21(9-1)11-7-13-23(25)19-29-27-17-5-6-18-28(27)30-20-24-14-8-12-22-10-2-4-16-26(22)24/h19-28H,1-18H2. The van der Waals surface area contributed by atoms with Crippen molar-refractivity contribution in [3.63, 3.8) is 0 Å². The summed E-state index contributed by atoms with van der Waals surface area (Å²) in [5.74, 6) is 5.48.